The molecule has 3 N–H and O–H groups in total. The molecule has 20 heavy (non-hydrogen) atoms. The van der Waals surface area contributed by atoms with Gasteiger partial charge in [0, 0.05) is 11.2 Å². The molecule has 0 saturated heterocycles. The van der Waals surface area contributed by atoms with Gasteiger partial charge < -0.3 is 20.7 Å². The van der Waals surface area contributed by atoms with E-state index in [1.165, 1.54) is 0 Å². The number of carbonyl (C=O) groups is 2. The zero-order valence-corrected chi connectivity index (χ0v) is 12.2. The maximum absolute atomic E-state index is 11.6. The summed E-state index contributed by atoms with van der Waals surface area (Å²) in [6, 6.07) is 6.48. The average molecular weight is 279 g/mol. The van der Waals surface area contributed by atoms with E-state index in [2.05, 4.69) is 16.0 Å². The lowest BCUT2D eigenvalue weighted by atomic mass is 10.1. The first-order chi connectivity index (χ1) is 9.30. The van der Waals surface area contributed by atoms with E-state index in [4.69, 9.17) is 4.74 Å². The normalized spacial score (nSPS) is 10.6. The third-order valence-corrected chi connectivity index (χ3v) is 2.27. The van der Waals surface area contributed by atoms with Gasteiger partial charge in [0.1, 0.15) is 5.75 Å². The summed E-state index contributed by atoms with van der Waals surface area (Å²) in [7, 11) is 1.57. The van der Waals surface area contributed by atoms with E-state index < -0.39 is 6.03 Å². The second kappa shape index (κ2) is 6.79. The number of carbonyl (C=O) groups excluding carboxylic acids is 2. The van der Waals surface area contributed by atoms with Crippen molar-refractivity contribution in [2.24, 2.45) is 0 Å². The third-order valence-electron chi connectivity index (χ3n) is 2.27. The Morgan fingerprint density at radius 1 is 1.15 bits per heavy atom. The van der Waals surface area contributed by atoms with Gasteiger partial charge >= 0.3 is 6.03 Å². The molecule has 0 aliphatic heterocycles. The maximum Gasteiger partial charge on any atom is 0.319 e. The molecule has 1 rings (SSSR count). The summed E-state index contributed by atoms with van der Waals surface area (Å²) < 4.78 is 5.02. The van der Waals surface area contributed by atoms with Crippen LogP contribution < -0.4 is 20.7 Å². The standard InChI is InChI=1S/C14H21N3O3/c1-14(2,3)17-12(18)9-15-13(19)16-10-5-7-11(20-4)8-6-10/h5-8H,9H2,1-4H3,(H,17,18)(H2,15,16,19). The van der Waals surface area contributed by atoms with Crippen molar-refractivity contribution in [1.29, 1.82) is 0 Å². The van der Waals surface area contributed by atoms with E-state index in [-0.39, 0.29) is 18.0 Å². The van der Waals surface area contributed by atoms with Crippen molar-refractivity contribution >= 4 is 17.6 Å². The summed E-state index contributed by atoms with van der Waals surface area (Å²) in [6.07, 6.45) is 0. The minimum Gasteiger partial charge on any atom is -0.497 e. The second-order valence-electron chi connectivity index (χ2n) is 5.33. The molecule has 0 fully saturated rings. The molecule has 3 amide bonds. The van der Waals surface area contributed by atoms with E-state index in [9.17, 15) is 9.59 Å². The first-order valence-electron chi connectivity index (χ1n) is 6.30. The molecular formula is C14H21N3O3. The third kappa shape index (κ3) is 6.08. The molecule has 0 bridgehead atoms. The van der Waals surface area contributed by atoms with Gasteiger partial charge in [0.25, 0.3) is 0 Å². The second-order valence-corrected chi connectivity index (χ2v) is 5.33. The molecule has 6 nitrogen and oxygen atoms in total. The zero-order valence-electron chi connectivity index (χ0n) is 12.2. The van der Waals surface area contributed by atoms with Gasteiger partial charge in [-0.2, -0.15) is 0 Å². The lowest BCUT2D eigenvalue weighted by molar-refractivity contribution is -0.121. The lowest BCUT2D eigenvalue weighted by Crippen LogP contribution is -2.46. The van der Waals surface area contributed by atoms with Crippen LogP contribution in [0.4, 0.5) is 10.5 Å². The predicted octanol–water partition coefficient (Wildman–Crippen LogP) is 1.73. The molecule has 0 aliphatic carbocycles. The highest BCUT2D eigenvalue weighted by Gasteiger charge is 2.14. The Kier molecular flexibility index (Phi) is 5.37. The smallest absolute Gasteiger partial charge is 0.319 e. The molecule has 0 unspecified atom stereocenters. The monoisotopic (exact) mass is 279 g/mol. The van der Waals surface area contributed by atoms with Gasteiger partial charge in [-0.15, -0.1) is 0 Å². The van der Waals surface area contributed by atoms with Crippen LogP contribution >= 0.6 is 0 Å². The van der Waals surface area contributed by atoms with Crippen LogP contribution in [0.5, 0.6) is 5.75 Å². The number of urea groups is 1. The summed E-state index contributed by atoms with van der Waals surface area (Å²) in [5, 5.41) is 7.87. The fourth-order valence-electron chi connectivity index (χ4n) is 1.47. The Bertz CT molecular complexity index is 464. The van der Waals surface area contributed by atoms with Crippen LogP contribution in [-0.2, 0) is 4.79 Å². The molecule has 0 heterocycles. The van der Waals surface area contributed by atoms with Crippen molar-refractivity contribution in [3.05, 3.63) is 24.3 Å². The van der Waals surface area contributed by atoms with E-state index in [1.54, 1.807) is 31.4 Å². The lowest BCUT2D eigenvalue weighted by Gasteiger charge is -2.20. The van der Waals surface area contributed by atoms with Crippen molar-refractivity contribution in [1.82, 2.24) is 10.6 Å². The molecular weight excluding hydrogens is 258 g/mol. The highest BCUT2D eigenvalue weighted by Crippen LogP contribution is 2.14. The molecule has 1 aromatic rings. The van der Waals surface area contributed by atoms with Gasteiger partial charge in [0.15, 0.2) is 0 Å². The van der Waals surface area contributed by atoms with Crippen LogP contribution in [0.3, 0.4) is 0 Å². The fraction of sp³-hybridized carbons (Fsp3) is 0.429. The van der Waals surface area contributed by atoms with Crippen LogP contribution in [0.1, 0.15) is 20.8 Å². The number of rotatable bonds is 4. The van der Waals surface area contributed by atoms with Gasteiger partial charge in [0.05, 0.1) is 13.7 Å². The van der Waals surface area contributed by atoms with Crippen LogP contribution in [0.2, 0.25) is 0 Å². The average Bonchev–Trinajstić information content (AvgIpc) is 2.35. The summed E-state index contributed by atoms with van der Waals surface area (Å²) in [4.78, 5) is 23.1. The fourth-order valence-corrected chi connectivity index (χ4v) is 1.47. The highest BCUT2D eigenvalue weighted by molar-refractivity contribution is 5.92. The number of methoxy groups -OCH3 is 1. The van der Waals surface area contributed by atoms with E-state index in [0.717, 1.165) is 0 Å². The molecule has 0 saturated carbocycles. The number of amides is 3. The maximum atomic E-state index is 11.6. The number of hydrogen-bond acceptors (Lipinski definition) is 3. The summed E-state index contributed by atoms with van der Waals surface area (Å²) in [5.41, 5.74) is 0.310. The van der Waals surface area contributed by atoms with Gasteiger partial charge in [0.2, 0.25) is 5.91 Å². The Labute approximate surface area is 118 Å². The molecule has 1 aromatic carbocycles. The number of benzene rings is 1. The molecule has 0 radical (unpaired) electrons. The minimum atomic E-state index is -0.431. The van der Waals surface area contributed by atoms with Crippen molar-refractivity contribution in [2.45, 2.75) is 26.3 Å². The molecule has 110 valence electrons. The van der Waals surface area contributed by atoms with Gasteiger partial charge in [-0.05, 0) is 45.0 Å². The largest absolute Gasteiger partial charge is 0.497 e. The SMILES string of the molecule is COc1ccc(NC(=O)NCC(=O)NC(C)(C)C)cc1. The molecule has 0 spiro atoms. The molecule has 0 atom stereocenters. The Balaban J connectivity index is 2.38. The summed E-state index contributed by atoms with van der Waals surface area (Å²) >= 11 is 0. The number of anilines is 1. The number of nitrogens with one attached hydrogen (secondary N) is 3. The minimum absolute atomic E-state index is 0.0702. The van der Waals surface area contributed by atoms with Crippen LogP contribution in [-0.4, -0.2) is 31.1 Å². The zero-order chi connectivity index (χ0) is 15.2. The first-order valence-corrected chi connectivity index (χ1v) is 6.30. The predicted molar refractivity (Wildman–Crippen MR) is 77.9 cm³/mol. The summed E-state index contributed by atoms with van der Waals surface area (Å²) in [5.74, 6) is 0.475. The quantitative estimate of drug-likeness (QED) is 0.785. The Morgan fingerprint density at radius 2 is 1.75 bits per heavy atom. The van der Waals surface area contributed by atoms with Crippen molar-refractivity contribution < 1.29 is 14.3 Å². The van der Waals surface area contributed by atoms with Gasteiger partial charge in [-0.3, -0.25) is 4.79 Å². The number of ether oxygens (including phenoxy) is 1. The van der Waals surface area contributed by atoms with Crippen LogP contribution in [0, 0.1) is 0 Å². The number of hydrogen-bond donors (Lipinski definition) is 3. The van der Waals surface area contributed by atoms with Gasteiger partial charge in [-0.1, -0.05) is 0 Å². The van der Waals surface area contributed by atoms with Crippen molar-refractivity contribution in [3.8, 4) is 5.75 Å². The van der Waals surface area contributed by atoms with Crippen molar-refractivity contribution in [2.75, 3.05) is 19.0 Å². The first kappa shape index (κ1) is 15.8. The molecule has 0 aliphatic rings. The molecule has 6 heteroatoms. The Hall–Kier alpha value is -2.24. The Morgan fingerprint density at radius 3 is 2.25 bits per heavy atom. The van der Waals surface area contributed by atoms with E-state index in [1.807, 2.05) is 20.8 Å². The van der Waals surface area contributed by atoms with Gasteiger partial charge in [-0.25, -0.2) is 4.79 Å². The van der Waals surface area contributed by atoms with E-state index in [0.29, 0.717) is 11.4 Å². The molecule has 0 aromatic heterocycles. The van der Waals surface area contributed by atoms with Crippen LogP contribution in [0.15, 0.2) is 24.3 Å². The highest BCUT2D eigenvalue weighted by atomic mass is 16.5. The van der Waals surface area contributed by atoms with Crippen molar-refractivity contribution in [3.63, 3.8) is 0 Å². The topological polar surface area (TPSA) is 79.5 Å². The van der Waals surface area contributed by atoms with Crippen LogP contribution in [0.25, 0.3) is 0 Å². The van der Waals surface area contributed by atoms with E-state index >= 15 is 0 Å². The summed E-state index contributed by atoms with van der Waals surface area (Å²) in [6.45, 7) is 5.56.